The van der Waals surface area contributed by atoms with Crippen molar-refractivity contribution in [1.82, 2.24) is 14.8 Å². The highest BCUT2D eigenvalue weighted by Gasteiger charge is 2.31. The van der Waals surface area contributed by atoms with Crippen LogP contribution in [0, 0.1) is 17.2 Å². The Morgan fingerprint density at radius 3 is 2.54 bits per heavy atom. The zero-order valence-electron chi connectivity index (χ0n) is 15.0. The summed E-state index contributed by atoms with van der Waals surface area (Å²) < 4.78 is 1.58. The number of anilines is 1. The number of hydrogen-bond acceptors (Lipinski definition) is 5. The second kappa shape index (κ2) is 6.93. The van der Waals surface area contributed by atoms with Crippen molar-refractivity contribution in [1.29, 1.82) is 5.26 Å². The van der Waals surface area contributed by atoms with Gasteiger partial charge in [0.1, 0.15) is 5.69 Å². The summed E-state index contributed by atoms with van der Waals surface area (Å²) in [5.41, 5.74) is 2.08. The van der Waals surface area contributed by atoms with Gasteiger partial charge >= 0.3 is 0 Å². The molecule has 4 rings (SSSR count). The van der Waals surface area contributed by atoms with Gasteiger partial charge in [0.05, 0.1) is 22.5 Å². The van der Waals surface area contributed by atoms with Gasteiger partial charge < -0.3 is 5.32 Å². The average Bonchev–Trinajstić information content (AvgIpc) is 3.06. The van der Waals surface area contributed by atoms with Gasteiger partial charge in [0, 0.05) is 24.3 Å². The number of hydrogen-bond donors (Lipinski definition) is 1. The van der Waals surface area contributed by atoms with Crippen LogP contribution < -0.4 is 5.32 Å². The number of aromatic nitrogens is 3. The van der Waals surface area contributed by atoms with Gasteiger partial charge in [-0.25, -0.2) is 0 Å². The highest BCUT2D eigenvalue weighted by molar-refractivity contribution is 6.20. The molecule has 1 N–H and O–H groups in total. The van der Waals surface area contributed by atoms with E-state index in [0.717, 1.165) is 16.4 Å². The summed E-state index contributed by atoms with van der Waals surface area (Å²) in [6.45, 7) is 0. The molecule has 7 heteroatoms. The van der Waals surface area contributed by atoms with Crippen molar-refractivity contribution in [2.75, 3.05) is 5.32 Å². The summed E-state index contributed by atoms with van der Waals surface area (Å²) in [4.78, 5) is 29.9. The molecule has 2 aromatic carbocycles. The predicted molar refractivity (Wildman–Crippen MR) is 105 cm³/mol. The first-order valence-corrected chi connectivity index (χ1v) is 8.60. The summed E-state index contributed by atoms with van der Waals surface area (Å²) in [6.07, 6.45) is 1.56. The van der Waals surface area contributed by atoms with Crippen molar-refractivity contribution in [2.24, 2.45) is 13.0 Å². The minimum absolute atomic E-state index is 0.0607. The lowest BCUT2D eigenvalue weighted by molar-refractivity contribution is -0.117. The van der Waals surface area contributed by atoms with Crippen LogP contribution in [0.1, 0.15) is 10.5 Å². The number of nitrogens with zero attached hydrogens (tertiary/aromatic N) is 4. The van der Waals surface area contributed by atoms with Crippen molar-refractivity contribution in [3.05, 3.63) is 66.5 Å². The summed E-state index contributed by atoms with van der Waals surface area (Å²) in [6, 6.07) is 18.0. The average molecular weight is 369 g/mol. The Morgan fingerprint density at radius 2 is 1.79 bits per heavy atom. The molecular formula is C21H15N5O2. The number of carbonyl (C=O) groups is 2. The highest BCUT2D eigenvalue weighted by atomic mass is 16.2. The zero-order valence-corrected chi connectivity index (χ0v) is 15.0. The smallest absolute Gasteiger partial charge is 0.249 e. The summed E-state index contributed by atoms with van der Waals surface area (Å²) in [7, 11) is 1.72. The van der Waals surface area contributed by atoms with Crippen molar-refractivity contribution < 1.29 is 9.59 Å². The molecule has 0 radical (unpaired) electrons. The molecule has 0 bridgehead atoms. The molecule has 7 nitrogen and oxygen atoms in total. The van der Waals surface area contributed by atoms with Crippen LogP contribution in [0.2, 0.25) is 0 Å². The number of ketones is 1. The second-order valence-corrected chi connectivity index (χ2v) is 6.29. The monoisotopic (exact) mass is 369 g/mol. The van der Waals surface area contributed by atoms with Gasteiger partial charge in [-0.1, -0.05) is 36.4 Å². The molecule has 0 saturated carbocycles. The molecule has 28 heavy (non-hydrogen) atoms. The molecule has 0 aliphatic rings. The third-order valence-electron chi connectivity index (χ3n) is 4.50. The van der Waals surface area contributed by atoms with Crippen molar-refractivity contribution in [3.8, 4) is 6.07 Å². The van der Waals surface area contributed by atoms with Crippen LogP contribution in [0.5, 0.6) is 0 Å². The van der Waals surface area contributed by atoms with Crippen LogP contribution >= 0.6 is 0 Å². The van der Waals surface area contributed by atoms with E-state index in [4.69, 9.17) is 0 Å². The molecule has 1 unspecified atom stereocenters. The van der Waals surface area contributed by atoms with Crippen molar-refractivity contribution >= 4 is 39.2 Å². The number of fused-ring (bicyclic) bond motifs is 3. The third kappa shape index (κ3) is 2.87. The van der Waals surface area contributed by atoms with Crippen LogP contribution in [0.25, 0.3) is 21.8 Å². The molecule has 4 aromatic rings. The Hall–Kier alpha value is -4.05. The Morgan fingerprint density at radius 1 is 1.07 bits per heavy atom. The molecule has 1 atom stereocenters. The van der Waals surface area contributed by atoms with Crippen molar-refractivity contribution in [3.63, 3.8) is 0 Å². The van der Waals surface area contributed by atoms with E-state index >= 15 is 0 Å². The number of para-hydroxylation sites is 2. The van der Waals surface area contributed by atoms with E-state index in [1.54, 1.807) is 54.3 Å². The Bertz CT molecular complexity index is 1250. The number of amides is 1. The van der Waals surface area contributed by atoms with E-state index in [9.17, 15) is 14.9 Å². The van der Waals surface area contributed by atoms with E-state index in [0.29, 0.717) is 11.1 Å². The van der Waals surface area contributed by atoms with Gasteiger partial charge in [-0.3, -0.25) is 19.3 Å². The minimum atomic E-state index is -1.51. The Kier molecular flexibility index (Phi) is 4.30. The highest BCUT2D eigenvalue weighted by Crippen LogP contribution is 2.27. The fourth-order valence-corrected chi connectivity index (χ4v) is 3.19. The number of benzene rings is 2. The van der Waals surface area contributed by atoms with Gasteiger partial charge in [-0.05, 0) is 18.2 Å². The lowest BCUT2D eigenvalue weighted by Crippen LogP contribution is -2.29. The maximum Gasteiger partial charge on any atom is 0.249 e. The first-order valence-electron chi connectivity index (χ1n) is 8.60. The quantitative estimate of drug-likeness (QED) is 0.440. The number of rotatable bonds is 4. The van der Waals surface area contributed by atoms with Gasteiger partial charge in [0.15, 0.2) is 5.92 Å². The number of pyridine rings is 1. The normalized spacial score (nSPS) is 11.9. The number of Topliss-reactive ketones (excluding diaryl/α,β-unsaturated/α-hetero) is 1. The molecule has 1 amide bonds. The predicted octanol–water partition coefficient (Wildman–Crippen LogP) is 3.08. The van der Waals surface area contributed by atoms with Crippen LogP contribution in [0.15, 0.2) is 60.8 Å². The van der Waals surface area contributed by atoms with Crippen LogP contribution in [0.4, 0.5) is 5.69 Å². The molecule has 0 spiro atoms. The number of carbonyl (C=O) groups excluding carboxylic acids is 2. The van der Waals surface area contributed by atoms with E-state index in [1.807, 2.05) is 24.3 Å². The molecule has 0 fully saturated rings. The van der Waals surface area contributed by atoms with E-state index < -0.39 is 17.6 Å². The summed E-state index contributed by atoms with van der Waals surface area (Å²) in [5, 5.41) is 17.7. The Labute approximate surface area is 160 Å². The molecule has 0 aliphatic heterocycles. The largest absolute Gasteiger partial charge is 0.325 e. The lowest BCUT2D eigenvalue weighted by Gasteiger charge is -2.08. The standard InChI is InChI=1S/C21H15N5O2/c1-26-19-14-9-5-6-10-17(14)23-12-16(19)18(25-26)20(27)15(11-22)21(28)24-13-7-3-2-4-8-13/h2-10,12,15H,1H3,(H,24,28). The van der Waals surface area contributed by atoms with Gasteiger partial charge in [0.25, 0.3) is 0 Å². The molecule has 2 aromatic heterocycles. The molecule has 136 valence electrons. The summed E-state index contributed by atoms with van der Waals surface area (Å²) in [5.74, 6) is -2.85. The number of aryl methyl sites for hydroxylation is 1. The maximum absolute atomic E-state index is 13.0. The maximum atomic E-state index is 13.0. The fraction of sp³-hybridized carbons (Fsp3) is 0.0952. The number of nitrogens with one attached hydrogen (secondary N) is 1. The first-order chi connectivity index (χ1) is 13.6. The fourth-order valence-electron chi connectivity index (χ4n) is 3.19. The van der Waals surface area contributed by atoms with Gasteiger partial charge in [-0.15, -0.1) is 0 Å². The van der Waals surface area contributed by atoms with Crippen LogP contribution in [-0.2, 0) is 11.8 Å². The molecule has 0 aliphatic carbocycles. The lowest BCUT2D eigenvalue weighted by atomic mass is 9.99. The molecule has 2 heterocycles. The Balaban J connectivity index is 1.74. The third-order valence-corrected chi connectivity index (χ3v) is 4.50. The second-order valence-electron chi connectivity index (χ2n) is 6.29. The van der Waals surface area contributed by atoms with Crippen molar-refractivity contribution in [2.45, 2.75) is 0 Å². The number of nitriles is 1. The van der Waals surface area contributed by atoms with E-state index in [2.05, 4.69) is 15.4 Å². The van der Waals surface area contributed by atoms with Gasteiger partial charge in [0.2, 0.25) is 11.7 Å². The molecule has 0 saturated heterocycles. The topological polar surface area (TPSA) is 101 Å². The van der Waals surface area contributed by atoms with Crippen LogP contribution in [0.3, 0.4) is 0 Å². The SMILES string of the molecule is Cn1nc(C(=O)C(C#N)C(=O)Nc2ccccc2)c2cnc3ccccc3c21. The van der Waals surface area contributed by atoms with Crippen LogP contribution in [-0.4, -0.2) is 26.5 Å². The van der Waals surface area contributed by atoms with Gasteiger partial charge in [-0.2, -0.15) is 10.4 Å². The first kappa shape index (κ1) is 17.4. The zero-order chi connectivity index (χ0) is 19.7. The minimum Gasteiger partial charge on any atom is -0.325 e. The summed E-state index contributed by atoms with van der Waals surface area (Å²) >= 11 is 0. The van der Waals surface area contributed by atoms with E-state index in [1.165, 1.54) is 0 Å². The van der Waals surface area contributed by atoms with E-state index in [-0.39, 0.29) is 5.69 Å². The molecular weight excluding hydrogens is 354 g/mol.